The van der Waals surface area contributed by atoms with E-state index in [0.29, 0.717) is 39.9 Å². The lowest BCUT2D eigenvalue weighted by molar-refractivity contribution is -0.119. The summed E-state index contributed by atoms with van der Waals surface area (Å²) in [7, 11) is 3.03. The van der Waals surface area contributed by atoms with Gasteiger partial charge in [0.15, 0.2) is 0 Å². The maximum Gasteiger partial charge on any atom is 0.267 e. The highest BCUT2D eigenvalue weighted by atomic mass is 35.5. The van der Waals surface area contributed by atoms with Crippen LogP contribution in [-0.4, -0.2) is 34.8 Å². The van der Waals surface area contributed by atoms with E-state index in [9.17, 15) is 9.59 Å². The Hall–Kier alpha value is -3.85. The molecule has 0 saturated heterocycles. The SMILES string of the molecule is CC[C@H](C(=O)Nc1cc(OC)ccc1OC)n1cnc2onc(-c3ccc(Cl)cc3)c2c1=O. The molecule has 0 unspecified atom stereocenters. The van der Waals surface area contributed by atoms with Crippen molar-refractivity contribution < 1.29 is 18.8 Å². The van der Waals surface area contributed by atoms with Crippen LogP contribution in [0.5, 0.6) is 11.5 Å². The number of amides is 1. The Morgan fingerprint density at radius 2 is 1.94 bits per heavy atom. The van der Waals surface area contributed by atoms with Crippen molar-refractivity contribution in [3.63, 3.8) is 0 Å². The van der Waals surface area contributed by atoms with Crippen molar-refractivity contribution in [3.05, 3.63) is 64.2 Å². The third-order valence-corrected chi connectivity index (χ3v) is 5.48. The van der Waals surface area contributed by atoms with Gasteiger partial charge in [-0.05, 0) is 30.7 Å². The summed E-state index contributed by atoms with van der Waals surface area (Å²) in [5.74, 6) is 0.609. The van der Waals surface area contributed by atoms with Gasteiger partial charge in [-0.15, -0.1) is 0 Å². The van der Waals surface area contributed by atoms with E-state index >= 15 is 0 Å². The number of halogens is 1. The van der Waals surface area contributed by atoms with E-state index in [1.165, 1.54) is 25.1 Å². The number of fused-ring (bicyclic) bond motifs is 1. The van der Waals surface area contributed by atoms with Gasteiger partial charge in [-0.2, -0.15) is 0 Å². The van der Waals surface area contributed by atoms with Gasteiger partial charge in [0.25, 0.3) is 11.3 Å². The molecule has 2 heterocycles. The number of hydrogen-bond donors (Lipinski definition) is 1. The standard InChI is InChI=1S/C23H21ClN4O5/c1-4-17(21(29)26-16-11-15(31-2)9-10-18(16)32-3)28-12-25-22-19(23(28)30)20(27-33-22)13-5-7-14(24)8-6-13/h5-12,17H,4H2,1-3H3,(H,26,29)/t17-/m1/s1. The molecular formula is C23H21ClN4O5. The molecule has 0 radical (unpaired) electrons. The van der Waals surface area contributed by atoms with Gasteiger partial charge in [0.2, 0.25) is 5.91 Å². The second kappa shape index (κ2) is 9.33. The lowest BCUT2D eigenvalue weighted by Gasteiger charge is -2.19. The number of rotatable bonds is 7. The molecule has 0 saturated carbocycles. The highest BCUT2D eigenvalue weighted by Crippen LogP contribution is 2.30. The Labute approximate surface area is 193 Å². The van der Waals surface area contributed by atoms with Crippen LogP contribution in [0.4, 0.5) is 5.69 Å². The second-order valence-corrected chi connectivity index (χ2v) is 7.59. The molecule has 0 aliphatic heterocycles. The number of aromatic nitrogens is 3. The largest absolute Gasteiger partial charge is 0.497 e. The summed E-state index contributed by atoms with van der Waals surface area (Å²) in [4.78, 5) is 30.8. The van der Waals surface area contributed by atoms with E-state index < -0.39 is 17.5 Å². The quantitative estimate of drug-likeness (QED) is 0.430. The fourth-order valence-corrected chi connectivity index (χ4v) is 3.65. The van der Waals surface area contributed by atoms with Crippen molar-refractivity contribution in [1.82, 2.24) is 14.7 Å². The Kier molecular flexibility index (Phi) is 6.32. The van der Waals surface area contributed by atoms with Crippen LogP contribution in [0.1, 0.15) is 19.4 Å². The van der Waals surface area contributed by atoms with Crippen LogP contribution in [-0.2, 0) is 4.79 Å². The lowest BCUT2D eigenvalue weighted by Crippen LogP contribution is -2.33. The van der Waals surface area contributed by atoms with Crippen molar-refractivity contribution in [3.8, 4) is 22.8 Å². The van der Waals surface area contributed by atoms with Crippen molar-refractivity contribution >= 4 is 34.3 Å². The van der Waals surface area contributed by atoms with E-state index in [1.54, 1.807) is 49.4 Å². The highest BCUT2D eigenvalue weighted by molar-refractivity contribution is 6.30. The van der Waals surface area contributed by atoms with E-state index in [4.69, 9.17) is 25.6 Å². The zero-order valence-electron chi connectivity index (χ0n) is 18.2. The summed E-state index contributed by atoms with van der Waals surface area (Å²) in [6.07, 6.45) is 1.63. The third-order valence-electron chi connectivity index (χ3n) is 5.23. The smallest absolute Gasteiger partial charge is 0.267 e. The lowest BCUT2D eigenvalue weighted by atomic mass is 10.1. The first-order chi connectivity index (χ1) is 16.0. The molecule has 0 spiro atoms. The van der Waals surface area contributed by atoms with Crippen LogP contribution in [0, 0.1) is 0 Å². The van der Waals surface area contributed by atoms with Gasteiger partial charge in [-0.1, -0.05) is 35.8 Å². The number of carbonyl (C=O) groups excluding carboxylic acids is 1. The zero-order valence-corrected chi connectivity index (χ0v) is 18.9. The Morgan fingerprint density at radius 3 is 2.61 bits per heavy atom. The fraction of sp³-hybridized carbons (Fsp3) is 0.217. The van der Waals surface area contributed by atoms with Gasteiger partial charge in [-0.3, -0.25) is 14.2 Å². The molecule has 170 valence electrons. The van der Waals surface area contributed by atoms with Gasteiger partial charge in [-0.25, -0.2) is 4.98 Å². The van der Waals surface area contributed by atoms with Crippen molar-refractivity contribution in [2.45, 2.75) is 19.4 Å². The molecule has 0 fully saturated rings. The van der Waals surface area contributed by atoms with Crippen LogP contribution in [0.15, 0.2) is 58.1 Å². The van der Waals surface area contributed by atoms with E-state index in [-0.39, 0.29) is 11.1 Å². The zero-order chi connectivity index (χ0) is 23.5. The normalized spacial score (nSPS) is 11.9. The first-order valence-electron chi connectivity index (χ1n) is 10.1. The van der Waals surface area contributed by atoms with Gasteiger partial charge in [0, 0.05) is 16.7 Å². The summed E-state index contributed by atoms with van der Waals surface area (Å²) < 4.78 is 17.1. The van der Waals surface area contributed by atoms with E-state index in [1.807, 2.05) is 0 Å². The third kappa shape index (κ3) is 4.27. The number of carbonyl (C=O) groups is 1. The maximum absolute atomic E-state index is 13.4. The summed E-state index contributed by atoms with van der Waals surface area (Å²) >= 11 is 5.97. The second-order valence-electron chi connectivity index (χ2n) is 7.15. The molecule has 2 aromatic heterocycles. The summed E-state index contributed by atoms with van der Waals surface area (Å²) in [6, 6.07) is 11.1. The van der Waals surface area contributed by atoms with Gasteiger partial charge in [0.05, 0.1) is 19.9 Å². The van der Waals surface area contributed by atoms with Gasteiger partial charge < -0.3 is 19.3 Å². The predicted molar refractivity (Wildman–Crippen MR) is 124 cm³/mol. The van der Waals surface area contributed by atoms with Crippen LogP contribution < -0.4 is 20.3 Å². The highest BCUT2D eigenvalue weighted by Gasteiger charge is 2.25. The predicted octanol–water partition coefficient (Wildman–Crippen LogP) is 4.31. The van der Waals surface area contributed by atoms with Gasteiger partial charge in [0.1, 0.15) is 34.9 Å². The fourth-order valence-electron chi connectivity index (χ4n) is 3.52. The van der Waals surface area contributed by atoms with Crippen molar-refractivity contribution in [2.24, 2.45) is 0 Å². The summed E-state index contributed by atoms with van der Waals surface area (Å²) in [5, 5.41) is 7.57. The Morgan fingerprint density at radius 1 is 1.18 bits per heavy atom. The molecule has 9 nitrogen and oxygen atoms in total. The first kappa shape index (κ1) is 22.3. The molecule has 0 bridgehead atoms. The molecule has 10 heteroatoms. The molecule has 1 atom stereocenters. The summed E-state index contributed by atoms with van der Waals surface area (Å²) in [5.41, 5.74) is 1.05. The average molecular weight is 469 g/mol. The molecular weight excluding hydrogens is 448 g/mol. The molecule has 2 aromatic carbocycles. The molecule has 1 N–H and O–H groups in total. The van der Waals surface area contributed by atoms with Crippen molar-refractivity contribution in [2.75, 3.05) is 19.5 Å². The number of ether oxygens (including phenoxy) is 2. The molecule has 4 aromatic rings. The number of anilines is 1. The van der Waals surface area contributed by atoms with E-state index in [0.717, 1.165) is 0 Å². The molecule has 4 rings (SSSR count). The minimum atomic E-state index is -0.835. The minimum absolute atomic E-state index is 0.0888. The molecule has 0 aliphatic rings. The maximum atomic E-state index is 13.4. The summed E-state index contributed by atoms with van der Waals surface area (Å²) in [6.45, 7) is 1.80. The van der Waals surface area contributed by atoms with Crippen LogP contribution in [0.25, 0.3) is 22.4 Å². The van der Waals surface area contributed by atoms with Crippen LogP contribution in [0.2, 0.25) is 5.02 Å². The van der Waals surface area contributed by atoms with Crippen molar-refractivity contribution in [1.29, 1.82) is 0 Å². The topological polar surface area (TPSA) is 108 Å². The first-order valence-corrected chi connectivity index (χ1v) is 10.5. The molecule has 33 heavy (non-hydrogen) atoms. The van der Waals surface area contributed by atoms with E-state index in [2.05, 4.69) is 15.5 Å². The Balaban J connectivity index is 1.73. The number of benzene rings is 2. The molecule has 0 aliphatic carbocycles. The monoisotopic (exact) mass is 468 g/mol. The Bertz CT molecular complexity index is 1360. The van der Waals surface area contributed by atoms with Crippen LogP contribution in [0.3, 0.4) is 0 Å². The molecule has 1 amide bonds. The number of nitrogens with zero attached hydrogens (tertiary/aromatic N) is 3. The van der Waals surface area contributed by atoms with Crippen LogP contribution >= 0.6 is 11.6 Å². The number of nitrogens with one attached hydrogen (secondary N) is 1. The average Bonchev–Trinajstić information content (AvgIpc) is 3.26. The number of hydrogen-bond acceptors (Lipinski definition) is 7. The minimum Gasteiger partial charge on any atom is -0.497 e. The number of methoxy groups -OCH3 is 2. The van der Waals surface area contributed by atoms with Gasteiger partial charge >= 0.3 is 0 Å².